The summed E-state index contributed by atoms with van der Waals surface area (Å²) in [4.78, 5) is 37.4. The summed E-state index contributed by atoms with van der Waals surface area (Å²) in [5.41, 5.74) is 4.04. The predicted molar refractivity (Wildman–Crippen MR) is 124 cm³/mol. The lowest BCUT2D eigenvalue weighted by Gasteiger charge is -2.30. The van der Waals surface area contributed by atoms with Gasteiger partial charge in [-0.25, -0.2) is 14.8 Å². The van der Waals surface area contributed by atoms with E-state index in [4.69, 9.17) is 0 Å². The minimum atomic E-state index is -0.437. The SMILES string of the molecule is C=C1CCN(c2nccc(C=C3C(=O)NC(=O)N3Cc3ccccc3)n2)CC1=CC=CC. The van der Waals surface area contributed by atoms with Crippen molar-refractivity contribution in [1.29, 1.82) is 0 Å². The van der Waals surface area contributed by atoms with Crippen LogP contribution in [0, 0.1) is 0 Å². The van der Waals surface area contributed by atoms with Crippen LogP contribution >= 0.6 is 0 Å². The molecule has 2 aromatic rings. The second-order valence-corrected chi connectivity index (χ2v) is 7.63. The smallest absolute Gasteiger partial charge is 0.329 e. The van der Waals surface area contributed by atoms with E-state index in [-0.39, 0.29) is 5.70 Å². The van der Waals surface area contributed by atoms with Crippen molar-refractivity contribution >= 4 is 24.0 Å². The van der Waals surface area contributed by atoms with Crippen molar-refractivity contribution in [2.45, 2.75) is 19.9 Å². The zero-order chi connectivity index (χ0) is 22.5. The molecule has 0 atom stereocenters. The molecular weight excluding hydrogens is 402 g/mol. The Morgan fingerprint density at radius 3 is 2.78 bits per heavy atom. The highest BCUT2D eigenvalue weighted by Crippen LogP contribution is 2.24. The minimum Gasteiger partial charge on any atom is -0.336 e. The third-order valence-electron chi connectivity index (χ3n) is 5.39. The monoisotopic (exact) mass is 427 g/mol. The molecule has 2 fully saturated rings. The number of nitrogens with zero attached hydrogens (tertiary/aromatic N) is 4. The van der Waals surface area contributed by atoms with Gasteiger partial charge in [-0.15, -0.1) is 0 Å². The van der Waals surface area contributed by atoms with E-state index >= 15 is 0 Å². The topological polar surface area (TPSA) is 78.4 Å². The molecule has 0 radical (unpaired) electrons. The van der Waals surface area contributed by atoms with Gasteiger partial charge in [-0.05, 0) is 42.2 Å². The van der Waals surface area contributed by atoms with Gasteiger partial charge in [0, 0.05) is 19.3 Å². The first-order valence-electron chi connectivity index (χ1n) is 10.5. The first-order chi connectivity index (χ1) is 15.5. The summed E-state index contributed by atoms with van der Waals surface area (Å²) >= 11 is 0. The standard InChI is InChI=1S/C25H25N5O2/c1-3-4-10-20-17-29(14-12-18(20)2)24-26-13-11-21(27-24)15-22-23(31)28-25(32)30(22)16-19-8-6-5-7-9-19/h3-11,13,15H,2,12,14,16-17H2,1H3,(H,28,31,32). The van der Waals surface area contributed by atoms with E-state index < -0.39 is 11.9 Å². The van der Waals surface area contributed by atoms with E-state index in [9.17, 15) is 9.59 Å². The Labute approximate surface area is 187 Å². The Morgan fingerprint density at radius 1 is 1.19 bits per heavy atom. The van der Waals surface area contributed by atoms with Crippen molar-refractivity contribution < 1.29 is 9.59 Å². The number of piperidine rings is 1. The number of aromatic nitrogens is 2. The van der Waals surface area contributed by atoms with Gasteiger partial charge in [-0.1, -0.05) is 55.1 Å². The molecule has 0 saturated carbocycles. The van der Waals surface area contributed by atoms with Gasteiger partial charge in [-0.3, -0.25) is 15.0 Å². The Hall–Kier alpha value is -4.00. The lowest BCUT2D eigenvalue weighted by molar-refractivity contribution is -0.116. The van der Waals surface area contributed by atoms with Crippen molar-refractivity contribution in [3.8, 4) is 0 Å². The van der Waals surface area contributed by atoms with Gasteiger partial charge in [0.2, 0.25) is 5.95 Å². The van der Waals surface area contributed by atoms with E-state index in [1.807, 2.05) is 49.4 Å². The first kappa shape index (κ1) is 21.2. The Balaban J connectivity index is 1.59. The lowest BCUT2D eigenvalue weighted by Crippen LogP contribution is -2.33. The van der Waals surface area contributed by atoms with Crippen LogP contribution in [-0.2, 0) is 11.3 Å². The molecule has 3 heterocycles. The molecular formula is C25H25N5O2. The molecule has 0 bridgehead atoms. The van der Waals surface area contributed by atoms with Crippen LogP contribution in [0.15, 0.2) is 84.2 Å². The molecule has 1 aromatic carbocycles. The number of hydrogen-bond donors (Lipinski definition) is 1. The average molecular weight is 428 g/mol. The van der Waals surface area contributed by atoms with Crippen molar-refractivity contribution in [3.63, 3.8) is 0 Å². The number of benzene rings is 1. The molecule has 0 spiro atoms. The number of urea groups is 1. The zero-order valence-corrected chi connectivity index (χ0v) is 18.0. The summed E-state index contributed by atoms with van der Waals surface area (Å²) in [6.45, 7) is 7.88. The van der Waals surface area contributed by atoms with Crippen LogP contribution in [0.1, 0.15) is 24.6 Å². The summed E-state index contributed by atoms with van der Waals surface area (Å²) in [5.74, 6) is 0.148. The summed E-state index contributed by atoms with van der Waals surface area (Å²) in [6.07, 6.45) is 10.2. The van der Waals surface area contributed by atoms with E-state index in [1.54, 1.807) is 18.3 Å². The Bertz CT molecular complexity index is 1130. The summed E-state index contributed by atoms with van der Waals surface area (Å²) in [6, 6.07) is 10.8. The van der Waals surface area contributed by atoms with Crippen LogP contribution in [0.4, 0.5) is 10.7 Å². The molecule has 7 nitrogen and oxygen atoms in total. The van der Waals surface area contributed by atoms with E-state index in [2.05, 4.69) is 32.8 Å². The number of hydrogen-bond acceptors (Lipinski definition) is 5. The number of allylic oxidation sites excluding steroid dienone is 3. The zero-order valence-electron chi connectivity index (χ0n) is 18.0. The van der Waals surface area contributed by atoms with Gasteiger partial charge in [0.15, 0.2) is 0 Å². The van der Waals surface area contributed by atoms with Crippen molar-refractivity contribution in [2.75, 3.05) is 18.0 Å². The van der Waals surface area contributed by atoms with E-state index in [0.717, 1.165) is 29.7 Å². The highest BCUT2D eigenvalue weighted by molar-refractivity contribution is 6.13. The first-order valence-corrected chi connectivity index (χ1v) is 10.5. The lowest BCUT2D eigenvalue weighted by atomic mass is 9.99. The quantitative estimate of drug-likeness (QED) is 0.579. The fraction of sp³-hybridized carbons (Fsp3) is 0.200. The summed E-state index contributed by atoms with van der Waals surface area (Å²) < 4.78 is 0. The van der Waals surface area contributed by atoms with Crippen LogP contribution in [0.25, 0.3) is 6.08 Å². The van der Waals surface area contributed by atoms with Crippen LogP contribution < -0.4 is 10.2 Å². The van der Waals surface area contributed by atoms with Crippen LogP contribution in [0.5, 0.6) is 0 Å². The average Bonchev–Trinajstić information content (AvgIpc) is 3.06. The van der Waals surface area contributed by atoms with Crippen LogP contribution in [0.3, 0.4) is 0 Å². The minimum absolute atomic E-state index is 0.268. The molecule has 2 aliphatic rings. The number of anilines is 1. The number of carbonyl (C=O) groups is 2. The predicted octanol–water partition coefficient (Wildman–Crippen LogP) is 3.84. The van der Waals surface area contributed by atoms with E-state index in [1.165, 1.54) is 4.90 Å². The largest absolute Gasteiger partial charge is 0.336 e. The Morgan fingerprint density at radius 2 is 2.00 bits per heavy atom. The van der Waals surface area contributed by atoms with Gasteiger partial charge in [0.05, 0.1) is 12.2 Å². The second kappa shape index (κ2) is 9.43. The molecule has 2 saturated heterocycles. The molecule has 4 rings (SSSR count). The van der Waals surface area contributed by atoms with Crippen molar-refractivity contribution in [3.05, 3.63) is 95.5 Å². The highest BCUT2D eigenvalue weighted by atomic mass is 16.2. The molecule has 1 N–H and O–H groups in total. The molecule has 3 amide bonds. The highest BCUT2D eigenvalue weighted by Gasteiger charge is 2.33. The number of rotatable bonds is 5. The van der Waals surface area contributed by atoms with Crippen LogP contribution in [0.2, 0.25) is 0 Å². The molecule has 162 valence electrons. The number of nitrogens with one attached hydrogen (secondary N) is 1. The van der Waals surface area contributed by atoms with Gasteiger partial charge < -0.3 is 4.90 Å². The maximum absolute atomic E-state index is 12.4. The molecule has 0 aliphatic carbocycles. The van der Waals surface area contributed by atoms with Gasteiger partial charge in [0.1, 0.15) is 5.70 Å². The second-order valence-electron chi connectivity index (χ2n) is 7.63. The summed E-state index contributed by atoms with van der Waals surface area (Å²) in [5, 5.41) is 2.37. The molecule has 0 unspecified atom stereocenters. The molecule has 7 heteroatoms. The number of amides is 3. The third-order valence-corrected chi connectivity index (χ3v) is 5.39. The maximum Gasteiger partial charge on any atom is 0.329 e. The fourth-order valence-corrected chi connectivity index (χ4v) is 3.64. The fourth-order valence-electron chi connectivity index (χ4n) is 3.64. The third kappa shape index (κ3) is 4.67. The van der Waals surface area contributed by atoms with Gasteiger partial charge >= 0.3 is 6.03 Å². The molecule has 1 aromatic heterocycles. The molecule has 2 aliphatic heterocycles. The Kier molecular flexibility index (Phi) is 6.26. The van der Waals surface area contributed by atoms with Crippen molar-refractivity contribution in [1.82, 2.24) is 20.2 Å². The van der Waals surface area contributed by atoms with E-state index in [0.29, 0.717) is 24.7 Å². The molecule has 32 heavy (non-hydrogen) atoms. The number of carbonyl (C=O) groups excluding carboxylic acids is 2. The van der Waals surface area contributed by atoms with Crippen molar-refractivity contribution in [2.24, 2.45) is 0 Å². The number of imide groups is 1. The maximum atomic E-state index is 12.4. The van der Waals surface area contributed by atoms with Gasteiger partial charge in [-0.2, -0.15) is 0 Å². The summed E-state index contributed by atoms with van der Waals surface area (Å²) in [7, 11) is 0. The van der Waals surface area contributed by atoms with Gasteiger partial charge in [0.25, 0.3) is 5.91 Å². The normalized spacial score (nSPS) is 19.5. The van der Waals surface area contributed by atoms with Crippen LogP contribution in [-0.4, -0.2) is 39.9 Å².